The quantitative estimate of drug-likeness (QED) is 0.346. The summed E-state index contributed by atoms with van der Waals surface area (Å²) in [6.45, 7) is 1.77. The lowest BCUT2D eigenvalue weighted by molar-refractivity contribution is -0.137. The number of anilines is 2. The molecule has 0 unspecified atom stereocenters. The molecule has 0 aliphatic carbocycles. The number of methoxy groups -OCH3 is 1. The molecule has 1 N–H and O–H groups in total. The summed E-state index contributed by atoms with van der Waals surface area (Å²) in [5.41, 5.74) is 0.297. The molecule has 5 rings (SSSR count). The lowest BCUT2D eigenvalue weighted by Crippen LogP contribution is -2.08. The summed E-state index contributed by atoms with van der Waals surface area (Å²) in [6.07, 6.45) is -1.62. The molecule has 0 aliphatic heterocycles. The molecule has 8 nitrogen and oxygen atoms in total. The van der Waals surface area contributed by atoms with Crippen LogP contribution in [-0.4, -0.2) is 36.5 Å². The highest BCUT2D eigenvalue weighted by molar-refractivity contribution is 5.80. The molecule has 0 amide bonds. The van der Waals surface area contributed by atoms with Crippen LogP contribution in [0, 0.1) is 12.7 Å². The van der Waals surface area contributed by atoms with Crippen LogP contribution in [0.3, 0.4) is 0 Å². The Bertz CT molecular complexity index is 1540. The standard InChI is InChI=1S/C23H17F4N7O/c1-13-28-12-34(31-13)19-8-6-15(11-20(19)35-2)29-22-30-21-17(4-3-9-33(21)32-22)16-7-5-14(24)10-18(16)23(25,26)27/h3-12H,1-2H3,(H,29,32). The Morgan fingerprint density at radius 3 is 2.54 bits per heavy atom. The van der Waals surface area contributed by atoms with Gasteiger partial charge < -0.3 is 10.1 Å². The van der Waals surface area contributed by atoms with Gasteiger partial charge in [0.2, 0.25) is 5.95 Å². The largest absolute Gasteiger partial charge is 0.494 e. The van der Waals surface area contributed by atoms with Gasteiger partial charge in [0.25, 0.3) is 0 Å². The minimum atomic E-state index is -4.74. The third kappa shape index (κ3) is 4.25. The van der Waals surface area contributed by atoms with E-state index in [1.165, 1.54) is 17.7 Å². The van der Waals surface area contributed by atoms with Crippen molar-refractivity contribution in [2.45, 2.75) is 13.1 Å². The predicted molar refractivity (Wildman–Crippen MR) is 119 cm³/mol. The maximum atomic E-state index is 13.6. The Balaban J connectivity index is 1.52. The van der Waals surface area contributed by atoms with Gasteiger partial charge in [-0.25, -0.2) is 18.6 Å². The summed E-state index contributed by atoms with van der Waals surface area (Å²) < 4.78 is 62.8. The number of fused-ring (bicyclic) bond motifs is 1. The van der Waals surface area contributed by atoms with E-state index in [-0.39, 0.29) is 22.7 Å². The molecule has 2 aromatic carbocycles. The molecule has 0 radical (unpaired) electrons. The van der Waals surface area contributed by atoms with E-state index in [0.29, 0.717) is 29.0 Å². The van der Waals surface area contributed by atoms with Gasteiger partial charge in [0.15, 0.2) is 5.65 Å². The van der Waals surface area contributed by atoms with Crippen molar-refractivity contribution in [2.75, 3.05) is 12.4 Å². The molecule has 0 bridgehead atoms. The fourth-order valence-electron chi connectivity index (χ4n) is 3.69. The van der Waals surface area contributed by atoms with Gasteiger partial charge in [-0.15, -0.1) is 5.10 Å². The number of aryl methyl sites for hydroxylation is 1. The number of aromatic nitrogens is 6. The SMILES string of the molecule is COc1cc(Nc2nc3c(-c4ccc(F)cc4C(F)(F)F)cccn3n2)ccc1-n1cnc(C)n1. The maximum absolute atomic E-state index is 13.6. The summed E-state index contributed by atoms with van der Waals surface area (Å²) in [4.78, 5) is 8.49. The van der Waals surface area contributed by atoms with Gasteiger partial charge in [-0.05, 0) is 48.9 Å². The van der Waals surface area contributed by atoms with Gasteiger partial charge in [-0.2, -0.15) is 23.3 Å². The number of pyridine rings is 1. The minimum Gasteiger partial charge on any atom is -0.494 e. The van der Waals surface area contributed by atoms with E-state index in [0.717, 1.165) is 12.1 Å². The zero-order chi connectivity index (χ0) is 24.7. The Morgan fingerprint density at radius 2 is 1.83 bits per heavy atom. The molecule has 0 saturated carbocycles. The lowest BCUT2D eigenvalue weighted by Gasteiger charge is -2.13. The molecule has 0 saturated heterocycles. The molecule has 3 aromatic heterocycles. The monoisotopic (exact) mass is 483 g/mol. The highest BCUT2D eigenvalue weighted by Gasteiger charge is 2.34. The first-order valence-corrected chi connectivity index (χ1v) is 10.3. The summed E-state index contributed by atoms with van der Waals surface area (Å²) in [5, 5.41) is 11.6. The minimum absolute atomic E-state index is 0.152. The van der Waals surface area contributed by atoms with Crippen molar-refractivity contribution < 1.29 is 22.3 Å². The first kappa shape index (κ1) is 22.3. The van der Waals surface area contributed by atoms with E-state index < -0.39 is 17.6 Å². The van der Waals surface area contributed by atoms with Crippen molar-refractivity contribution in [2.24, 2.45) is 0 Å². The highest BCUT2D eigenvalue weighted by Crippen LogP contribution is 2.39. The van der Waals surface area contributed by atoms with Crippen molar-refractivity contribution in [1.82, 2.24) is 29.4 Å². The second-order valence-electron chi connectivity index (χ2n) is 7.56. The van der Waals surface area contributed by atoms with Crippen LogP contribution in [0.2, 0.25) is 0 Å². The van der Waals surface area contributed by atoms with Crippen molar-refractivity contribution in [3.63, 3.8) is 0 Å². The number of nitrogens with one attached hydrogen (secondary N) is 1. The number of halogens is 4. The third-order valence-corrected chi connectivity index (χ3v) is 5.23. The fraction of sp³-hybridized carbons (Fsp3) is 0.130. The van der Waals surface area contributed by atoms with Gasteiger partial charge in [0.1, 0.15) is 29.4 Å². The first-order chi connectivity index (χ1) is 16.7. The average Bonchev–Trinajstić information content (AvgIpc) is 3.44. The van der Waals surface area contributed by atoms with E-state index in [1.54, 1.807) is 48.4 Å². The first-order valence-electron chi connectivity index (χ1n) is 10.3. The van der Waals surface area contributed by atoms with Gasteiger partial charge in [-0.1, -0.05) is 6.07 Å². The number of hydrogen-bond acceptors (Lipinski definition) is 6. The van der Waals surface area contributed by atoms with Crippen molar-refractivity contribution >= 4 is 17.3 Å². The molecule has 3 heterocycles. The molecule has 12 heteroatoms. The zero-order valence-electron chi connectivity index (χ0n) is 18.4. The van der Waals surface area contributed by atoms with Crippen LogP contribution in [0.15, 0.2) is 61.1 Å². The number of hydrogen-bond donors (Lipinski definition) is 1. The van der Waals surface area contributed by atoms with Gasteiger partial charge in [-0.3, -0.25) is 0 Å². The molecular formula is C23H17F4N7O. The normalized spacial score (nSPS) is 11.7. The van der Waals surface area contributed by atoms with Crippen LogP contribution >= 0.6 is 0 Å². The zero-order valence-corrected chi connectivity index (χ0v) is 18.4. The topological polar surface area (TPSA) is 82.2 Å². The Hall–Kier alpha value is -4.48. The van der Waals surface area contributed by atoms with E-state index in [9.17, 15) is 17.6 Å². The number of rotatable bonds is 5. The lowest BCUT2D eigenvalue weighted by atomic mass is 10.00. The molecular weight excluding hydrogens is 466 g/mol. The highest BCUT2D eigenvalue weighted by atomic mass is 19.4. The van der Waals surface area contributed by atoms with Crippen molar-refractivity contribution in [3.05, 3.63) is 78.3 Å². The van der Waals surface area contributed by atoms with E-state index in [4.69, 9.17) is 4.74 Å². The summed E-state index contributed by atoms with van der Waals surface area (Å²) in [6, 6.07) is 10.8. The number of benzene rings is 2. The third-order valence-electron chi connectivity index (χ3n) is 5.23. The van der Waals surface area contributed by atoms with Crippen molar-refractivity contribution in [3.8, 4) is 22.6 Å². The smallest absolute Gasteiger partial charge is 0.417 e. The van der Waals surface area contributed by atoms with Crippen LogP contribution in [-0.2, 0) is 6.18 Å². The van der Waals surface area contributed by atoms with Gasteiger partial charge >= 0.3 is 6.18 Å². The molecule has 0 atom stereocenters. The molecule has 35 heavy (non-hydrogen) atoms. The summed E-state index contributed by atoms with van der Waals surface area (Å²) in [5.74, 6) is 0.286. The summed E-state index contributed by atoms with van der Waals surface area (Å²) in [7, 11) is 1.52. The second kappa shape index (κ2) is 8.38. The van der Waals surface area contributed by atoms with Crippen LogP contribution in [0.1, 0.15) is 11.4 Å². The van der Waals surface area contributed by atoms with Crippen LogP contribution < -0.4 is 10.1 Å². The molecule has 0 fully saturated rings. The number of ether oxygens (including phenoxy) is 1. The van der Waals surface area contributed by atoms with E-state index in [2.05, 4.69) is 25.5 Å². The van der Waals surface area contributed by atoms with Crippen LogP contribution in [0.5, 0.6) is 5.75 Å². The van der Waals surface area contributed by atoms with E-state index in [1.807, 2.05) is 0 Å². The van der Waals surface area contributed by atoms with Crippen molar-refractivity contribution in [1.29, 1.82) is 0 Å². The van der Waals surface area contributed by atoms with Crippen LogP contribution in [0.4, 0.5) is 29.2 Å². The Labute approximate surface area is 195 Å². The summed E-state index contributed by atoms with van der Waals surface area (Å²) >= 11 is 0. The van der Waals surface area contributed by atoms with E-state index >= 15 is 0 Å². The van der Waals surface area contributed by atoms with Crippen LogP contribution in [0.25, 0.3) is 22.5 Å². The second-order valence-corrected chi connectivity index (χ2v) is 7.56. The maximum Gasteiger partial charge on any atom is 0.417 e. The number of alkyl halides is 3. The molecule has 178 valence electrons. The van der Waals surface area contributed by atoms with Gasteiger partial charge in [0.05, 0.1) is 12.7 Å². The predicted octanol–water partition coefficient (Wildman–Crippen LogP) is 5.20. The van der Waals surface area contributed by atoms with Gasteiger partial charge in [0, 0.05) is 23.5 Å². The Kier molecular flexibility index (Phi) is 5.35. The Morgan fingerprint density at radius 1 is 1.00 bits per heavy atom. The molecule has 0 spiro atoms. The molecule has 0 aliphatic rings. The molecule has 5 aromatic rings. The number of nitrogens with zero attached hydrogens (tertiary/aromatic N) is 6. The fourth-order valence-corrected chi connectivity index (χ4v) is 3.69. The average molecular weight is 483 g/mol.